The molecule has 0 spiro atoms. The highest BCUT2D eigenvalue weighted by Crippen LogP contribution is 2.25. The van der Waals surface area contributed by atoms with Gasteiger partial charge in [0.2, 0.25) is 0 Å². The van der Waals surface area contributed by atoms with Gasteiger partial charge >= 0.3 is 0 Å². The molecule has 6 heteroatoms. The molecule has 0 radical (unpaired) electrons. The summed E-state index contributed by atoms with van der Waals surface area (Å²) in [5.41, 5.74) is 4.68. The maximum atomic E-state index is 5.55. The van der Waals surface area contributed by atoms with Crippen LogP contribution in [0.25, 0.3) is 0 Å². The number of rotatable bonds is 4. The van der Waals surface area contributed by atoms with Crippen molar-refractivity contribution in [3.05, 3.63) is 47.4 Å². The van der Waals surface area contributed by atoms with Crippen LogP contribution in [-0.2, 0) is 23.5 Å². The molecular weight excluding hydrogens is 272 g/mol. The number of nitrogens with two attached hydrogens (primary N) is 1. The number of aromatic nitrogens is 2. The van der Waals surface area contributed by atoms with Crippen LogP contribution >= 0.6 is 11.8 Å². The number of hydrogen-bond acceptors (Lipinski definition) is 6. The molecule has 3 rings (SSSR count). The molecule has 3 N–H and O–H groups in total. The maximum Gasteiger partial charge on any atom is 0.149 e. The molecule has 104 valence electrons. The van der Waals surface area contributed by atoms with Crippen LogP contribution in [0.2, 0.25) is 0 Å². The van der Waals surface area contributed by atoms with Gasteiger partial charge in [-0.3, -0.25) is 0 Å². The van der Waals surface area contributed by atoms with Crippen LogP contribution in [0.15, 0.2) is 35.2 Å². The highest BCUT2D eigenvalue weighted by atomic mass is 32.2. The molecule has 2 aromatic rings. The Balaban J connectivity index is 1.79. The minimum atomic E-state index is 0.529. The lowest BCUT2D eigenvalue weighted by Gasteiger charge is -2.19. The largest absolute Gasteiger partial charge is 0.376 e. The van der Waals surface area contributed by atoms with Gasteiger partial charge in [0.25, 0.3) is 0 Å². The Bertz CT molecular complexity index is 574. The van der Waals surface area contributed by atoms with Gasteiger partial charge in [0.15, 0.2) is 0 Å². The summed E-state index contributed by atoms with van der Waals surface area (Å²) in [5, 5.41) is 0. The maximum absolute atomic E-state index is 5.55. The molecule has 0 bridgehead atoms. The van der Waals surface area contributed by atoms with E-state index in [1.807, 2.05) is 18.2 Å². The van der Waals surface area contributed by atoms with E-state index in [0.29, 0.717) is 19.0 Å². The molecule has 0 atom stereocenters. The van der Waals surface area contributed by atoms with E-state index < -0.39 is 0 Å². The van der Waals surface area contributed by atoms with E-state index >= 15 is 0 Å². The van der Waals surface area contributed by atoms with E-state index in [4.69, 9.17) is 10.6 Å². The van der Waals surface area contributed by atoms with Crippen molar-refractivity contribution in [1.29, 1.82) is 0 Å². The Hall–Kier alpha value is -1.63. The monoisotopic (exact) mass is 288 g/mol. The highest BCUT2D eigenvalue weighted by molar-refractivity contribution is 7.98. The summed E-state index contributed by atoms with van der Waals surface area (Å²) >= 11 is 1.72. The number of hydrogen-bond donors (Lipinski definition) is 2. The molecule has 1 aliphatic rings. The minimum absolute atomic E-state index is 0.529. The first-order valence-electron chi connectivity index (χ1n) is 6.47. The second kappa shape index (κ2) is 6.21. The number of thioether (sulfide) groups is 1. The Morgan fingerprint density at radius 3 is 2.90 bits per heavy atom. The molecule has 0 saturated carbocycles. The zero-order valence-corrected chi connectivity index (χ0v) is 11.8. The van der Waals surface area contributed by atoms with E-state index in [1.165, 1.54) is 4.90 Å². The fourth-order valence-corrected chi connectivity index (χ4v) is 2.91. The Labute approximate surface area is 121 Å². The van der Waals surface area contributed by atoms with Crippen LogP contribution < -0.4 is 11.3 Å². The van der Waals surface area contributed by atoms with Crippen LogP contribution in [0.4, 0.5) is 5.82 Å². The third-order valence-corrected chi connectivity index (χ3v) is 4.12. The first-order chi connectivity index (χ1) is 9.86. The summed E-state index contributed by atoms with van der Waals surface area (Å²) in [4.78, 5) is 10.3. The summed E-state index contributed by atoms with van der Waals surface area (Å²) in [6, 6.07) is 10.2. The lowest BCUT2D eigenvalue weighted by molar-refractivity contribution is 0.109. The first-order valence-corrected chi connectivity index (χ1v) is 7.46. The van der Waals surface area contributed by atoms with Gasteiger partial charge in [-0.15, -0.1) is 11.8 Å². The fraction of sp³-hybridized carbons (Fsp3) is 0.286. The predicted octanol–water partition coefficient (Wildman–Crippen LogP) is 2.13. The average Bonchev–Trinajstić information content (AvgIpc) is 2.53. The Kier molecular flexibility index (Phi) is 4.15. The van der Waals surface area contributed by atoms with Gasteiger partial charge in [-0.1, -0.05) is 18.2 Å². The Morgan fingerprint density at radius 2 is 2.10 bits per heavy atom. The molecule has 5 nitrogen and oxygen atoms in total. The van der Waals surface area contributed by atoms with Crippen LogP contribution in [0.1, 0.15) is 17.1 Å². The zero-order chi connectivity index (χ0) is 13.8. The first kappa shape index (κ1) is 13.4. The molecule has 0 fully saturated rings. The quantitative estimate of drug-likeness (QED) is 0.510. The summed E-state index contributed by atoms with van der Waals surface area (Å²) in [6.07, 6.45) is 0.815. The van der Waals surface area contributed by atoms with Crippen molar-refractivity contribution in [3.63, 3.8) is 0 Å². The van der Waals surface area contributed by atoms with Crippen LogP contribution in [0.5, 0.6) is 0 Å². The number of nitrogens with zero attached hydrogens (tertiary/aromatic N) is 2. The fourth-order valence-electron chi connectivity index (χ4n) is 2.13. The van der Waals surface area contributed by atoms with E-state index in [1.54, 1.807) is 11.8 Å². The van der Waals surface area contributed by atoms with Gasteiger partial charge in [0.05, 0.1) is 24.7 Å². The normalized spacial score (nSPS) is 13.8. The summed E-state index contributed by atoms with van der Waals surface area (Å²) in [5.74, 6) is 7.75. The van der Waals surface area contributed by atoms with Crippen molar-refractivity contribution < 1.29 is 4.74 Å². The summed E-state index contributed by atoms with van der Waals surface area (Å²) < 4.78 is 5.43. The van der Waals surface area contributed by atoms with Crippen molar-refractivity contribution >= 4 is 17.6 Å². The third-order valence-electron chi connectivity index (χ3n) is 3.12. The summed E-state index contributed by atoms with van der Waals surface area (Å²) in [7, 11) is 0. The number of fused-ring (bicyclic) bond motifs is 1. The average molecular weight is 288 g/mol. The number of nitrogen functional groups attached to an aromatic ring is 1. The van der Waals surface area contributed by atoms with Crippen molar-refractivity contribution in [2.45, 2.75) is 23.7 Å². The second-order valence-corrected chi connectivity index (χ2v) is 5.51. The van der Waals surface area contributed by atoms with Gasteiger partial charge in [-0.25, -0.2) is 15.8 Å². The van der Waals surface area contributed by atoms with Crippen LogP contribution in [0.3, 0.4) is 0 Å². The lowest BCUT2D eigenvalue weighted by atomic mass is 10.1. The minimum Gasteiger partial charge on any atom is -0.376 e. The van der Waals surface area contributed by atoms with Crippen LogP contribution in [0, 0.1) is 0 Å². The SMILES string of the molecule is NNc1nc(CSc2ccccc2)nc2c1COCC2. The van der Waals surface area contributed by atoms with Gasteiger partial charge in [-0.05, 0) is 12.1 Å². The third kappa shape index (κ3) is 2.92. The Morgan fingerprint density at radius 1 is 1.25 bits per heavy atom. The molecular formula is C14H16N4OS. The number of ether oxygens (including phenoxy) is 1. The van der Waals surface area contributed by atoms with E-state index in [0.717, 1.165) is 29.3 Å². The van der Waals surface area contributed by atoms with Crippen molar-refractivity contribution in [3.8, 4) is 0 Å². The van der Waals surface area contributed by atoms with Gasteiger partial charge in [0, 0.05) is 16.9 Å². The molecule has 2 heterocycles. The second-order valence-electron chi connectivity index (χ2n) is 4.46. The van der Waals surface area contributed by atoms with E-state index in [9.17, 15) is 0 Å². The molecule has 20 heavy (non-hydrogen) atoms. The van der Waals surface area contributed by atoms with Crippen molar-refractivity contribution in [1.82, 2.24) is 9.97 Å². The molecule has 0 unspecified atom stereocenters. The smallest absolute Gasteiger partial charge is 0.149 e. The number of anilines is 1. The standard InChI is InChI=1S/C14H16N4OS/c15-18-14-11-8-19-7-6-12(11)16-13(17-14)9-20-10-4-2-1-3-5-10/h1-5H,6-9,15H2,(H,16,17,18). The predicted molar refractivity (Wildman–Crippen MR) is 79.2 cm³/mol. The molecule has 1 aromatic heterocycles. The molecule has 1 aliphatic heterocycles. The van der Waals surface area contributed by atoms with Crippen molar-refractivity contribution in [2.24, 2.45) is 5.84 Å². The van der Waals surface area contributed by atoms with Crippen LogP contribution in [-0.4, -0.2) is 16.6 Å². The molecule has 0 saturated heterocycles. The number of nitrogens with one attached hydrogen (secondary N) is 1. The topological polar surface area (TPSA) is 73.1 Å². The van der Waals surface area contributed by atoms with Gasteiger partial charge in [0.1, 0.15) is 11.6 Å². The zero-order valence-electron chi connectivity index (χ0n) is 11.0. The van der Waals surface area contributed by atoms with E-state index in [2.05, 4.69) is 27.5 Å². The van der Waals surface area contributed by atoms with Crippen molar-refractivity contribution in [2.75, 3.05) is 12.0 Å². The van der Waals surface area contributed by atoms with Gasteiger partial charge < -0.3 is 10.2 Å². The number of benzene rings is 1. The molecule has 0 amide bonds. The lowest BCUT2D eigenvalue weighted by Crippen LogP contribution is -2.20. The highest BCUT2D eigenvalue weighted by Gasteiger charge is 2.17. The van der Waals surface area contributed by atoms with Gasteiger partial charge in [-0.2, -0.15) is 0 Å². The summed E-state index contributed by atoms with van der Waals surface area (Å²) in [6.45, 7) is 1.24. The molecule has 1 aromatic carbocycles. The molecule has 0 aliphatic carbocycles. The number of hydrazine groups is 1. The van der Waals surface area contributed by atoms with E-state index in [-0.39, 0.29) is 0 Å².